The van der Waals surface area contributed by atoms with Crippen LogP contribution in [0.1, 0.15) is 38.5 Å². The molecule has 0 aromatic rings. The molecule has 0 fully saturated rings. The van der Waals surface area contributed by atoms with Gasteiger partial charge in [-0.15, -0.1) is 0 Å². The SMILES string of the molecule is C=C(OC(=O)CC[C@@](O)(CC(=O)OC(=C)[C@@H](N)CCSC)C(=O)OC(=C)[C@@H](N)CCSC)[C@@H](N)CCSC. The lowest BCUT2D eigenvalue weighted by Crippen LogP contribution is -2.44. The van der Waals surface area contributed by atoms with Crippen LogP contribution in [0.2, 0.25) is 0 Å². The molecule has 0 unspecified atom stereocenters. The molecular formula is C25H43N3O7S3. The van der Waals surface area contributed by atoms with Gasteiger partial charge in [0.05, 0.1) is 24.5 Å². The molecule has 0 aliphatic heterocycles. The third-order valence-electron chi connectivity index (χ3n) is 5.41. The minimum atomic E-state index is -2.44. The van der Waals surface area contributed by atoms with Crippen LogP contribution >= 0.6 is 35.3 Å². The number of thioether (sulfide) groups is 3. The molecule has 7 N–H and O–H groups in total. The second-order valence-electron chi connectivity index (χ2n) is 8.61. The molecule has 0 saturated heterocycles. The van der Waals surface area contributed by atoms with Gasteiger partial charge in [0.1, 0.15) is 17.3 Å². The molecule has 0 spiro atoms. The summed E-state index contributed by atoms with van der Waals surface area (Å²) in [7, 11) is 0. The van der Waals surface area contributed by atoms with Gasteiger partial charge in [-0.3, -0.25) is 9.59 Å². The normalized spacial score (nSPS) is 14.9. The summed E-state index contributed by atoms with van der Waals surface area (Å²) in [4.78, 5) is 38.0. The summed E-state index contributed by atoms with van der Waals surface area (Å²) in [6.07, 6.45) is 5.51. The molecule has 0 amide bonds. The molecule has 0 bridgehead atoms. The Morgan fingerprint density at radius 3 is 1.50 bits per heavy atom. The van der Waals surface area contributed by atoms with Crippen molar-refractivity contribution in [1.29, 1.82) is 0 Å². The van der Waals surface area contributed by atoms with Crippen molar-refractivity contribution >= 4 is 53.2 Å². The van der Waals surface area contributed by atoms with Crippen molar-refractivity contribution in [3.8, 4) is 0 Å². The molecular weight excluding hydrogens is 550 g/mol. The van der Waals surface area contributed by atoms with Crippen LogP contribution in [-0.4, -0.2) is 82.8 Å². The summed E-state index contributed by atoms with van der Waals surface area (Å²) in [6, 6.07) is -1.84. The number of aliphatic hydroxyl groups is 1. The molecule has 0 aliphatic carbocycles. The minimum absolute atomic E-state index is 0.00166. The standard InChI is InChI=1S/C25H43N3O7S3/c1-16(19(26)8-12-36-4)33-22(29)7-11-25(32,24(31)35-18(3)21(28)10-14-38-6)15-23(30)34-17(2)20(27)9-13-37-5/h19-21,32H,1-3,7-15,26-28H2,4-6H3/t19-,20-,21-,25+/m0/s1. The van der Waals surface area contributed by atoms with E-state index in [1.165, 1.54) is 0 Å². The van der Waals surface area contributed by atoms with Crippen molar-refractivity contribution in [2.45, 2.75) is 62.3 Å². The molecule has 4 atom stereocenters. The lowest BCUT2D eigenvalue weighted by Gasteiger charge is -2.27. The smallest absolute Gasteiger partial charge is 0.343 e. The van der Waals surface area contributed by atoms with Crippen molar-refractivity contribution in [3.63, 3.8) is 0 Å². The van der Waals surface area contributed by atoms with E-state index in [4.69, 9.17) is 31.4 Å². The number of ether oxygens (including phenoxy) is 3. The Morgan fingerprint density at radius 1 is 0.737 bits per heavy atom. The molecule has 0 aromatic carbocycles. The van der Waals surface area contributed by atoms with E-state index < -0.39 is 60.9 Å². The Kier molecular flexibility index (Phi) is 18.8. The maximum atomic E-state index is 13.0. The maximum Gasteiger partial charge on any atom is 0.343 e. The van der Waals surface area contributed by atoms with Crippen LogP contribution in [0, 0.1) is 0 Å². The summed E-state index contributed by atoms with van der Waals surface area (Å²) in [5.74, 6) is -0.785. The summed E-state index contributed by atoms with van der Waals surface area (Å²) in [6.45, 7) is 11.0. The third-order valence-corrected chi connectivity index (χ3v) is 7.34. The van der Waals surface area contributed by atoms with Crippen molar-refractivity contribution in [2.75, 3.05) is 36.0 Å². The van der Waals surface area contributed by atoms with Crippen molar-refractivity contribution in [2.24, 2.45) is 17.2 Å². The van der Waals surface area contributed by atoms with Crippen LogP contribution in [-0.2, 0) is 28.6 Å². The average Bonchev–Trinajstić information content (AvgIpc) is 2.87. The van der Waals surface area contributed by atoms with Gasteiger partial charge in [-0.1, -0.05) is 19.7 Å². The molecule has 0 aromatic heterocycles. The van der Waals surface area contributed by atoms with Gasteiger partial charge in [-0.25, -0.2) is 4.79 Å². The van der Waals surface area contributed by atoms with Crippen LogP contribution in [0.4, 0.5) is 0 Å². The summed E-state index contributed by atoms with van der Waals surface area (Å²) < 4.78 is 15.5. The number of carbonyl (C=O) groups excluding carboxylic acids is 3. The van der Waals surface area contributed by atoms with Crippen LogP contribution in [0.3, 0.4) is 0 Å². The Hall–Kier alpha value is -1.48. The largest absolute Gasteiger partial charge is 0.430 e. The van der Waals surface area contributed by atoms with Gasteiger partial charge in [0.2, 0.25) is 0 Å². The maximum absolute atomic E-state index is 13.0. The molecule has 0 radical (unpaired) electrons. The Morgan fingerprint density at radius 2 is 1.11 bits per heavy atom. The Balaban J connectivity index is 5.44. The van der Waals surface area contributed by atoms with Gasteiger partial charge in [0, 0.05) is 6.42 Å². The fourth-order valence-electron chi connectivity index (χ4n) is 2.85. The van der Waals surface area contributed by atoms with E-state index >= 15 is 0 Å². The van der Waals surface area contributed by atoms with E-state index in [0.717, 1.165) is 11.5 Å². The fraction of sp³-hybridized carbons (Fsp3) is 0.640. The van der Waals surface area contributed by atoms with E-state index in [9.17, 15) is 19.5 Å². The molecule has 0 saturated carbocycles. The minimum Gasteiger partial charge on any atom is -0.430 e. The van der Waals surface area contributed by atoms with Gasteiger partial charge in [-0.2, -0.15) is 35.3 Å². The number of esters is 3. The van der Waals surface area contributed by atoms with Gasteiger partial charge in [0.15, 0.2) is 5.60 Å². The van der Waals surface area contributed by atoms with Gasteiger partial charge < -0.3 is 36.5 Å². The summed E-state index contributed by atoms with van der Waals surface area (Å²) >= 11 is 4.71. The van der Waals surface area contributed by atoms with Gasteiger partial charge in [-0.05, 0) is 61.7 Å². The zero-order chi connectivity index (χ0) is 29.3. The molecule has 0 heterocycles. The predicted octanol–water partition coefficient (Wildman–Crippen LogP) is 2.30. The molecule has 0 aliphatic rings. The van der Waals surface area contributed by atoms with Gasteiger partial charge >= 0.3 is 17.9 Å². The molecule has 38 heavy (non-hydrogen) atoms. The summed E-state index contributed by atoms with van der Waals surface area (Å²) in [5, 5.41) is 11.2. The number of rotatable bonds is 21. The van der Waals surface area contributed by atoms with E-state index in [1.807, 2.05) is 18.8 Å². The number of hydrogen-bond acceptors (Lipinski definition) is 13. The topological polar surface area (TPSA) is 177 Å². The van der Waals surface area contributed by atoms with Crippen LogP contribution in [0.5, 0.6) is 0 Å². The summed E-state index contributed by atoms with van der Waals surface area (Å²) in [5.41, 5.74) is 15.5. The monoisotopic (exact) mass is 593 g/mol. The average molecular weight is 594 g/mol. The zero-order valence-corrected chi connectivity index (χ0v) is 25.0. The first-order valence-electron chi connectivity index (χ1n) is 12.0. The van der Waals surface area contributed by atoms with E-state index in [2.05, 4.69) is 19.7 Å². The Labute approximate surface area is 238 Å². The number of carbonyl (C=O) groups is 3. The lowest BCUT2D eigenvalue weighted by molar-refractivity contribution is -0.170. The Bertz CT molecular complexity index is 828. The number of nitrogens with two attached hydrogens (primary N) is 3. The second kappa shape index (κ2) is 19.6. The molecule has 10 nitrogen and oxygen atoms in total. The molecule has 0 rings (SSSR count). The zero-order valence-electron chi connectivity index (χ0n) is 22.6. The van der Waals surface area contributed by atoms with Crippen LogP contribution in [0.25, 0.3) is 0 Å². The first-order valence-corrected chi connectivity index (χ1v) is 16.1. The fourth-order valence-corrected chi connectivity index (χ4v) is 4.32. The van der Waals surface area contributed by atoms with Crippen LogP contribution < -0.4 is 17.2 Å². The highest BCUT2D eigenvalue weighted by Crippen LogP contribution is 2.25. The van der Waals surface area contributed by atoms with Crippen molar-refractivity contribution < 1.29 is 33.7 Å². The molecule has 218 valence electrons. The van der Waals surface area contributed by atoms with E-state index in [1.54, 1.807) is 35.3 Å². The highest BCUT2D eigenvalue weighted by molar-refractivity contribution is 7.98. The highest BCUT2D eigenvalue weighted by Gasteiger charge is 2.42. The predicted molar refractivity (Wildman–Crippen MR) is 157 cm³/mol. The second-order valence-corrected chi connectivity index (χ2v) is 11.6. The lowest BCUT2D eigenvalue weighted by atomic mass is 9.93. The quantitative estimate of drug-likeness (QED) is 0.0866. The van der Waals surface area contributed by atoms with E-state index in [-0.39, 0.29) is 17.3 Å². The molecule has 13 heteroatoms. The van der Waals surface area contributed by atoms with Crippen LogP contribution in [0.15, 0.2) is 37.0 Å². The highest BCUT2D eigenvalue weighted by atomic mass is 32.2. The first kappa shape index (κ1) is 36.5. The number of hydrogen-bond donors (Lipinski definition) is 4. The van der Waals surface area contributed by atoms with E-state index in [0.29, 0.717) is 25.0 Å². The third kappa shape index (κ3) is 14.6. The first-order chi connectivity index (χ1) is 17.8. The van der Waals surface area contributed by atoms with Gasteiger partial charge in [0.25, 0.3) is 0 Å². The van der Waals surface area contributed by atoms with Crippen molar-refractivity contribution in [3.05, 3.63) is 37.0 Å². The van der Waals surface area contributed by atoms with Crippen molar-refractivity contribution in [1.82, 2.24) is 0 Å².